The lowest BCUT2D eigenvalue weighted by molar-refractivity contribution is 0.367. The summed E-state index contributed by atoms with van der Waals surface area (Å²) in [6.07, 6.45) is 0. The van der Waals surface area contributed by atoms with Gasteiger partial charge in [-0.2, -0.15) is 0 Å². The fraction of sp³-hybridized carbons (Fsp3) is 0.400. The molecular weight excluding hydrogens is 212 g/mol. The molecule has 0 amide bonds. The summed E-state index contributed by atoms with van der Waals surface area (Å²) >= 11 is 0. The maximum atomic E-state index is 9.56. The third kappa shape index (κ3) is 2.08. The molecule has 0 fully saturated rings. The number of rotatable bonds is 1. The van der Waals surface area contributed by atoms with Crippen LogP contribution < -0.4 is 5.19 Å². The molecule has 2 radical (unpaired) electrons. The summed E-state index contributed by atoms with van der Waals surface area (Å²) in [5.74, 6) is -1.40. The Morgan fingerprint density at radius 1 is 1.07 bits per heavy atom. The van der Waals surface area contributed by atoms with Crippen LogP contribution in [0.5, 0.6) is 17.2 Å². The van der Waals surface area contributed by atoms with Gasteiger partial charge in [-0.3, -0.25) is 0 Å². The zero-order chi connectivity index (χ0) is 11.8. The van der Waals surface area contributed by atoms with Crippen LogP contribution >= 0.6 is 0 Å². The van der Waals surface area contributed by atoms with Gasteiger partial charge in [-0.25, -0.2) is 0 Å². The lowest BCUT2D eigenvalue weighted by Gasteiger charge is -2.23. The minimum atomic E-state index is -0.627. The Morgan fingerprint density at radius 3 is 2.00 bits per heavy atom. The molecule has 0 spiro atoms. The third-order valence-electron chi connectivity index (χ3n) is 2.17. The molecule has 0 saturated carbocycles. The van der Waals surface area contributed by atoms with Gasteiger partial charge in [0.2, 0.25) is 0 Å². The highest BCUT2D eigenvalue weighted by atomic mass is 28.2. The van der Waals surface area contributed by atoms with Crippen LogP contribution in [0.1, 0.15) is 26.3 Å². The van der Waals surface area contributed by atoms with E-state index in [0.717, 1.165) is 0 Å². The molecule has 0 atom stereocenters. The fourth-order valence-electron chi connectivity index (χ4n) is 1.35. The van der Waals surface area contributed by atoms with Crippen molar-refractivity contribution in [2.45, 2.75) is 26.2 Å². The Bertz CT molecular complexity index is 382. The normalized spacial score (nSPS) is 11.7. The van der Waals surface area contributed by atoms with Gasteiger partial charge >= 0.3 is 0 Å². The number of phenolic OH excluding ortho intramolecular Hbond substituents is 3. The summed E-state index contributed by atoms with van der Waals surface area (Å²) in [5, 5.41) is 28.5. The minimum absolute atomic E-state index is 0.276. The Kier molecular flexibility index (Phi) is 2.97. The van der Waals surface area contributed by atoms with Crippen LogP contribution in [0.2, 0.25) is 0 Å². The number of hydrogen-bond donors (Lipinski definition) is 4. The second kappa shape index (κ2) is 3.75. The molecule has 0 aromatic heterocycles. The van der Waals surface area contributed by atoms with Gasteiger partial charge in [-0.15, -0.1) is 0 Å². The molecule has 1 aromatic carbocycles. The van der Waals surface area contributed by atoms with Crippen molar-refractivity contribution in [1.29, 1.82) is 0 Å². The highest BCUT2D eigenvalue weighted by molar-refractivity contribution is 6.48. The van der Waals surface area contributed by atoms with Gasteiger partial charge < -0.3 is 20.1 Å². The Hall–Kier alpha value is -1.20. The summed E-state index contributed by atoms with van der Waals surface area (Å²) in [4.78, 5) is 9.15. The summed E-state index contributed by atoms with van der Waals surface area (Å²) in [6.45, 7) is 5.67. The fourth-order valence-corrected chi connectivity index (χ4v) is 2.14. The molecular formula is C10H14O4Si. The minimum Gasteiger partial charge on any atom is -0.504 e. The predicted octanol–water partition coefficient (Wildman–Crippen LogP) is 0.338. The summed E-state index contributed by atoms with van der Waals surface area (Å²) in [5.41, 5.74) is 0.296. The van der Waals surface area contributed by atoms with E-state index in [0.29, 0.717) is 5.56 Å². The summed E-state index contributed by atoms with van der Waals surface area (Å²) < 4.78 is 0. The Labute approximate surface area is 90.8 Å². The van der Waals surface area contributed by atoms with E-state index in [9.17, 15) is 15.3 Å². The molecule has 5 heteroatoms. The van der Waals surface area contributed by atoms with Crippen LogP contribution in [0.3, 0.4) is 0 Å². The highest BCUT2D eigenvalue weighted by Gasteiger charge is 2.24. The lowest BCUT2D eigenvalue weighted by Crippen LogP contribution is -2.27. The average Bonchev–Trinajstić information content (AvgIpc) is 2.12. The van der Waals surface area contributed by atoms with Crippen molar-refractivity contribution < 1.29 is 20.1 Å². The lowest BCUT2D eigenvalue weighted by atomic mass is 9.86. The molecule has 4 nitrogen and oxygen atoms in total. The van der Waals surface area contributed by atoms with Crippen LogP contribution in [0.25, 0.3) is 0 Å². The first-order valence-corrected chi connectivity index (χ1v) is 5.42. The van der Waals surface area contributed by atoms with Gasteiger partial charge in [0.05, 0.1) is 0 Å². The molecule has 0 heterocycles. The molecule has 15 heavy (non-hydrogen) atoms. The molecule has 82 valence electrons. The van der Waals surface area contributed by atoms with Crippen molar-refractivity contribution in [1.82, 2.24) is 0 Å². The Balaban J connectivity index is 3.53. The highest BCUT2D eigenvalue weighted by Crippen LogP contribution is 2.37. The van der Waals surface area contributed by atoms with Gasteiger partial charge in [0.25, 0.3) is 9.76 Å². The van der Waals surface area contributed by atoms with Crippen LogP contribution in [-0.4, -0.2) is 29.9 Å². The molecule has 0 bridgehead atoms. The second-order valence-electron chi connectivity index (χ2n) is 4.38. The van der Waals surface area contributed by atoms with Crippen molar-refractivity contribution >= 4 is 14.9 Å². The van der Waals surface area contributed by atoms with Gasteiger partial charge in [0, 0.05) is 5.19 Å². The van der Waals surface area contributed by atoms with Crippen LogP contribution in [0.15, 0.2) is 6.07 Å². The number of phenols is 3. The van der Waals surface area contributed by atoms with E-state index >= 15 is 0 Å². The van der Waals surface area contributed by atoms with Gasteiger partial charge in [0.1, 0.15) is 0 Å². The van der Waals surface area contributed by atoms with E-state index in [2.05, 4.69) is 0 Å². The summed E-state index contributed by atoms with van der Waals surface area (Å²) in [6, 6.07) is 1.37. The quantitative estimate of drug-likeness (QED) is 0.411. The predicted molar refractivity (Wildman–Crippen MR) is 57.7 cm³/mol. The van der Waals surface area contributed by atoms with E-state index in [-0.39, 0.29) is 16.4 Å². The Morgan fingerprint density at radius 2 is 1.60 bits per heavy atom. The van der Waals surface area contributed by atoms with Gasteiger partial charge in [-0.1, -0.05) is 20.8 Å². The molecule has 1 rings (SSSR count). The summed E-state index contributed by atoms with van der Waals surface area (Å²) in [7, 11) is -0.627. The van der Waals surface area contributed by atoms with E-state index in [1.54, 1.807) is 0 Å². The third-order valence-corrected chi connectivity index (χ3v) is 2.90. The van der Waals surface area contributed by atoms with E-state index in [4.69, 9.17) is 4.80 Å². The van der Waals surface area contributed by atoms with Crippen LogP contribution in [0, 0.1) is 0 Å². The largest absolute Gasteiger partial charge is 0.504 e. The van der Waals surface area contributed by atoms with E-state index < -0.39 is 21.3 Å². The van der Waals surface area contributed by atoms with Crippen molar-refractivity contribution in [3.05, 3.63) is 11.6 Å². The van der Waals surface area contributed by atoms with Gasteiger partial charge in [-0.05, 0) is 17.0 Å². The monoisotopic (exact) mass is 226 g/mol. The first-order valence-electron chi connectivity index (χ1n) is 4.47. The van der Waals surface area contributed by atoms with Crippen molar-refractivity contribution in [3.8, 4) is 17.2 Å². The van der Waals surface area contributed by atoms with Crippen LogP contribution in [0.4, 0.5) is 0 Å². The van der Waals surface area contributed by atoms with Gasteiger partial charge in [0.15, 0.2) is 17.2 Å². The zero-order valence-corrected chi connectivity index (χ0v) is 9.87. The number of hydrogen-bond acceptors (Lipinski definition) is 4. The molecule has 0 aliphatic rings. The standard InChI is InChI=1S/C10H14O4Si/c1-10(2,3)5-4-6(11)7(12)8(13)9(5)15-14/h4,11-14H,1-3H3. The maximum absolute atomic E-state index is 9.56. The SMILES string of the molecule is CC(C)(C)c1cc(O)c(O)c(O)c1[Si]O. The molecule has 1 aromatic rings. The topological polar surface area (TPSA) is 80.9 Å². The van der Waals surface area contributed by atoms with E-state index in [1.807, 2.05) is 20.8 Å². The number of benzene rings is 1. The first kappa shape index (κ1) is 11.9. The zero-order valence-electron chi connectivity index (χ0n) is 8.87. The van der Waals surface area contributed by atoms with Crippen molar-refractivity contribution in [2.75, 3.05) is 0 Å². The molecule has 0 unspecified atom stereocenters. The molecule has 0 aliphatic carbocycles. The molecule has 0 aliphatic heterocycles. The second-order valence-corrected chi connectivity index (χ2v) is 5.10. The van der Waals surface area contributed by atoms with Crippen molar-refractivity contribution in [2.24, 2.45) is 0 Å². The van der Waals surface area contributed by atoms with Crippen LogP contribution in [-0.2, 0) is 5.41 Å². The average molecular weight is 226 g/mol. The first-order chi connectivity index (χ1) is 6.79. The molecule has 4 N–H and O–H groups in total. The number of aromatic hydroxyl groups is 3. The van der Waals surface area contributed by atoms with Crippen molar-refractivity contribution in [3.63, 3.8) is 0 Å². The smallest absolute Gasteiger partial charge is 0.269 e. The molecule has 0 saturated heterocycles. The van der Waals surface area contributed by atoms with E-state index in [1.165, 1.54) is 6.07 Å². The maximum Gasteiger partial charge on any atom is 0.269 e.